The summed E-state index contributed by atoms with van der Waals surface area (Å²) in [5.74, 6) is -2.67. The minimum atomic E-state index is -5.18. The van der Waals surface area contributed by atoms with Crippen molar-refractivity contribution in [1.82, 2.24) is 4.98 Å². The first-order valence-electron chi connectivity index (χ1n) is 8.58. The summed E-state index contributed by atoms with van der Waals surface area (Å²) in [5, 5.41) is 8.92. The summed E-state index contributed by atoms with van der Waals surface area (Å²) in [6.45, 7) is 4.54. The number of rotatable bonds is 4. The first-order chi connectivity index (χ1) is 14.5. The van der Waals surface area contributed by atoms with E-state index in [-0.39, 0.29) is 5.56 Å². The first-order valence-corrected chi connectivity index (χ1v) is 9.68. The van der Waals surface area contributed by atoms with Gasteiger partial charge in [0.15, 0.2) is 17.3 Å². The summed E-state index contributed by atoms with van der Waals surface area (Å²) in [6.07, 6.45) is -10.2. The number of hydrogen-bond acceptors (Lipinski definition) is 4. The highest BCUT2D eigenvalue weighted by molar-refractivity contribution is 7.85. The Morgan fingerprint density at radius 3 is 2.19 bits per heavy atom. The van der Waals surface area contributed by atoms with Gasteiger partial charge < -0.3 is 4.74 Å². The number of alkyl halides is 6. The minimum absolute atomic E-state index is 0.306. The van der Waals surface area contributed by atoms with E-state index in [1.807, 2.05) is 0 Å². The summed E-state index contributed by atoms with van der Waals surface area (Å²) in [5.41, 5.74) is -3.65. The Morgan fingerprint density at radius 1 is 1.09 bits per heavy atom. The molecule has 1 aromatic heterocycles. The van der Waals surface area contributed by atoms with Crippen LogP contribution in [0.5, 0.6) is 5.75 Å². The van der Waals surface area contributed by atoms with Gasteiger partial charge in [-0.15, -0.1) is 13.2 Å². The molecule has 0 amide bonds. The Hall–Kier alpha value is -3.01. The van der Waals surface area contributed by atoms with E-state index < -0.39 is 62.5 Å². The fourth-order valence-corrected chi connectivity index (χ4v) is 2.86. The summed E-state index contributed by atoms with van der Waals surface area (Å²) >= 11 is 0. The third-order valence-corrected chi connectivity index (χ3v) is 5.05. The molecule has 0 N–H and O–H groups in total. The zero-order valence-corrected chi connectivity index (χ0v) is 17.4. The van der Waals surface area contributed by atoms with E-state index in [0.717, 1.165) is 18.2 Å². The number of nitrogens with zero attached hydrogens (tertiary/aromatic N) is 3. The Kier molecular flexibility index (Phi) is 6.99. The number of aromatic nitrogens is 1. The Morgan fingerprint density at radius 2 is 1.72 bits per heavy atom. The third-order valence-electron chi connectivity index (χ3n) is 3.66. The highest BCUT2D eigenvalue weighted by Gasteiger charge is 2.37. The lowest BCUT2D eigenvalue weighted by atomic mass is 10.0. The molecule has 0 aliphatic carbocycles. The van der Waals surface area contributed by atoms with Crippen molar-refractivity contribution in [1.29, 1.82) is 5.26 Å². The van der Waals surface area contributed by atoms with Crippen molar-refractivity contribution < 1.29 is 39.7 Å². The van der Waals surface area contributed by atoms with Crippen LogP contribution in [0.2, 0.25) is 0 Å². The molecular weight excluding hydrogens is 467 g/mol. The average molecular weight is 481 g/mol. The van der Waals surface area contributed by atoms with E-state index in [1.165, 1.54) is 26.8 Å². The van der Waals surface area contributed by atoms with Crippen LogP contribution >= 0.6 is 0 Å². The molecule has 172 valence electrons. The van der Waals surface area contributed by atoms with Crippen LogP contribution in [0.4, 0.5) is 30.7 Å². The molecule has 0 aliphatic rings. The van der Waals surface area contributed by atoms with Gasteiger partial charge in [0.1, 0.15) is 22.8 Å². The highest BCUT2D eigenvalue weighted by Crippen LogP contribution is 2.32. The number of benzene rings is 1. The molecule has 0 saturated heterocycles. The van der Waals surface area contributed by atoms with Crippen molar-refractivity contribution in [3.63, 3.8) is 0 Å². The van der Waals surface area contributed by atoms with E-state index in [0.29, 0.717) is 12.1 Å². The van der Waals surface area contributed by atoms with Crippen molar-refractivity contribution >= 4 is 16.7 Å². The normalized spacial score (nSPS) is 14.1. The zero-order chi connectivity index (χ0) is 24.5. The van der Waals surface area contributed by atoms with Crippen molar-refractivity contribution in [3.05, 3.63) is 58.7 Å². The van der Waals surface area contributed by atoms with Gasteiger partial charge in [0.2, 0.25) is 0 Å². The lowest BCUT2D eigenvalue weighted by molar-refractivity contribution is -0.275. The predicted octanol–water partition coefficient (Wildman–Crippen LogP) is 5.31. The second-order valence-corrected chi connectivity index (χ2v) is 9.10. The largest absolute Gasteiger partial charge is 0.573 e. The molecule has 1 atom stereocenters. The number of nitriles is 1. The monoisotopic (exact) mass is 481 g/mol. The van der Waals surface area contributed by atoms with Crippen molar-refractivity contribution in [2.45, 2.75) is 38.1 Å². The summed E-state index contributed by atoms with van der Waals surface area (Å²) in [4.78, 5) is 3.39. The Balaban J connectivity index is 2.72. The van der Waals surface area contributed by atoms with Gasteiger partial charge in [-0.2, -0.15) is 22.8 Å². The maximum Gasteiger partial charge on any atom is 0.573 e. The van der Waals surface area contributed by atoms with Gasteiger partial charge in [0.25, 0.3) is 0 Å². The quantitative estimate of drug-likeness (QED) is 0.438. The van der Waals surface area contributed by atoms with E-state index in [4.69, 9.17) is 5.26 Å². The molecule has 2 aromatic rings. The first kappa shape index (κ1) is 25.3. The van der Waals surface area contributed by atoms with Gasteiger partial charge in [-0.1, -0.05) is 0 Å². The van der Waals surface area contributed by atoms with Crippen LogP contribution < -0.4 is 4.74 Å². The third kappa shape index (κ3) is 6.25. The van der Waals surface area contributed by atoms with Gasteiger partial charge in [-0.3, -0.25) is 0 Å². The second kappa shape index (κ2) is 8.85. The summed E-state index contributed by atoms with van der Waals surface area (Å²) in [6, 6.07) is 5.16. The van der Waals surface area contributed by atoms with Gasteiger partial charge in [-0.05, 0) is 51.1 Å². The Bertz CT molecular complexity index is 1110. The molecular formula is C19H14F7N3O2S. The molecule has 0 unspecified atom stereocenters. The van der Waals surface area contributed by atoms with E-state index in [9.17, 15) is 34.9 Å². The van der Waals surface area contributed by atoms with Crippen LogP contribution in [0.1, 0.15) is 43.3 Å². The fourth-order valence-electron chi connectivity index (χ4n) is 2.22. The molecule has 1 aromatic carbocycles. The van der Waals surface area contributed by atoms with Crippen LogP contribution in [-0.2, 0) is 17.2 Å². The number of halogens is 7. The van der Waals surface area contributed by atoms with E-state index >= 15 is 0 Å². The number of ether oxygens (including phenoxy) is 1. The molecule has 0 bridgehead atoms. The molecule has 13 heteroatoms. The maximum absolute atomic E-state index is 14.2. The van der Waals surface area contributed by atoms with Crippen LogP contribution in [0.25, 0.3) is 0 Å². The SMILES string of the molecule is CC(C)(C)[S@@](=O)/N=C(\c1ccc(OC(F)(F)F)c(F)c1)c1ccc(C#N)c(C(F)(F)F)n1. The van der Waals surface area contributed by atoms with Crippen LogP contribution in [-0.4, -0.2) is 26.0 Å². The lowest BCUT2D eigenvalue weighted by Gasteiger charge is -2.17. The van der Waals surface area contributed by atoms with Crippen LogP contribution in [0.15, 0.2) is 34.7 Å². The van der Waals surface area contributed by atoms with Gasteiger partial charge in [0.05, 0.1) is 16.0 Å². The number of hydrogen-bond donors (Lipinski definition) is 0. The van der Waals surface area contributed by atoms with Crippen molar-refractivity contribution in [2.24, 2.45) is 4.40 Å². The number of pyridine rings is 1. The molecule has 0 saturated carbocycles. The molecule has 5 nitrogen and oxygen atoms in total. The molecule has 0 radical (unpaired) electrons. The van der Waals surface area contributed by atoms with Gasteiger partial charge in [0, 0.05) is 5.56 Å². The molecule has 0 fully saturated rings. The topological polar surface area (TPSA) is 75.3 Å². The minimum Gasteiger partial charge on any atom is -0.403 e. The van der Waals surface area contributed by atoms with Gasteiger partial charge >= 0.3 is 12.5 Å². The lowest BCUT2D eigenvalue weighted by Crippen LogP contribution is -2.22. The molecule has 1 heterocycles. The van der Waals surface area contributed by atoms with Crippen LogP contribution in [0, 0.1) is 17.1 Å². The smallest absolute Gasteiger partial charge is 0.403 e. The Labute approximate surface area is 180 Å². The standard InChI is InChI=1S/C19H14F7N3O2S/c1-17(2,3)32(30)29-15(10-5-7-14(12(20)8-10)31-19(24,25)26)13-6-4-11(9-27)16(28-13)18(21,22)23/h4-8H,1-3H3/b29-15+/t32-/m1/s1. The zero-order valence-electron chi connectivity index (χ0n) is 16.6. The molecule has 32 heavy (non-hydrogen) atoms. The molecule has 2 rings (SSSR count). The summed E-state index contributed by atoms with van der Waals surface area (Å²) < 4.78 is 110. The van der Waals surface area contributed by atoms with E-state index in [1.54, 1.807) is 0 Å². The fraction of sp³-hybridized carbons (Fsp3) is 0.316. The predicted molar refractivity (Wildman–Crippen MR) is 101 cm³/mol. The van der Waals surface area contributed by atoms with Crippen LogP contribution in [0.3, 0.4) is 0 Å². The second-order valence-electron chi connectivity index (χ2n) is 7.20. The molecule has 0 spiro atoms. The van der Waals surface area contributed by atoms with Gasteiger partial charge in [-0.25, -0.2) is 13.6 Å². The van der Waals surface area contributed by atoms with Crippen molar-refractivity contribution in [2.75, 3.05) is 0 Å². The molecule has 0 aliphatic heterocycles. The summed E-state index contributed by atoms with van der Waals surface area (Å²) in [7, 11) is -2.06. The maximum atomic E-state index is 14.2. The van der Waals surface area contributed by atoms with E-state index in [2.05, 4.69) is 14.1 Å². The average Bonchev–Trinajstić information content (AvgIpc) is 2.64. The van der Waals surface area contributed by atoms with Crippen molar-refractivity contribution in [3.8, 4) is 11.8 Å². The highest BCUT2D eigenvalue weighted by atomic mass is 32.2.